The van der Waals surface area contributed by atoms with Gasteiger partial charge in [-0.3, -0.25) is 4.79 Å². The molecule has 92 valence electrons. The monoisotopic (exact) mass is 243 g/mol. The summed E-state index contributed by atoms with van der Waals surface area (Å²) in [5.41, 5.74) is 2.22. The van der Waals surface area contributed by atoms with E-state index in [0.717, 1.165) is 22.9 Å². The van der Waals surface area contributed by atoms with Crippen LogP contribution in [0.25, 0.3) is 0 Å². The summed E-state index contributed by atoms with van der Waals surface area (Å²) in [6.45, 7) is -0.250. The van der Waals surface area contributed by atoms with Crippen LogP contribution >= 0.6 is 0 Å². The van der Waals surface area contributed by atoms with Crippen molar-refractivity contribution in [2.45, 2.75) is 0 Å². The minimum atomic E-state index is -0.250. The topological polar surface area (TPSA) is 49.8 Å². The fourth-order valence-electron chi connectivity index (χ4n) is 1.89. The second-order valence-corrected chi connectivity index (χ2v) is 3.70. The maximum Gasteiger partial charge on any atom is 0.290 e. The summed E-state index contributed by atoms with van der Waals surface area (Å²) in [5, 5.41) is 6.89. The molecule has 0 radical (unpaired) electrons. The molecule has 1 heterocycles. The van der Waals surface area contributed by atoms with E-state index in [2.05, 4.69) is 24.1 Å². The maximum absolute atomic E-state index is 8.36. The number of carbonyl (C=O) groups is 1. The Hall–Kier alpha value is -2.49. The molecule has 0 saturated carbocycles. The summed E-state index contributed by atoms with van der Waals surface area (Å²) in [4.78, 5) is 10.5. The van der Waals surface area contributed by atoms with Crippen LogP contribution in [0.3, 0.4) is 0 Å². The molecule has 1 aliphatic rings. The molecule has 0 fully saturated rings. The Kier molecular flexibility index (Phi) is 3.48. The summed E-state index contributed by atoms with van der Waals surface area (Å²) in [6.07, 6.45) is 0. The van der Waals surface area contributed by atoms with E-state index in [0.29, 0.717) is 0 Å². The molecule has 0 spiro atoms. The third-order valence-electron chi connectivity index (χ3n) is 2.67. The molecule has 0 aromatic heterocycles. The predicted octanol–water partition coefficient (Wildman–Crippen LogP) is 3.26. The van der Waals surface area contributed by atoms with Gasteiger partial charge in [-0.05, 0) is 24.3 Å². The van der Waals surface area contributed by atoms with E-state index in [4.69, 9.17) is 14.6 Å². The lowest BCUT2D eigenvalue weighted by atomic mass is 10.2. The Labute approximate surface area is 105 Å². The van der Waals surface area contributed by atoms with Crippen LogP contribution in [0, 0.1) is 0 Å². The minimum Gasteiger partial charge on any atom is -0.483 e. The molecule has 3 rings (SSSR count). The third-order valence-corrected chi connectivity index (χ3v) is 2.67. The van der Waals surface area contributed by atoms with E-state index in [9.17, 15) is 0 Å². The summed E-state index contributed by atoms with van der Waals surface area (Å²) < 4.78 is 5.81. The molecular weight excluding hydrogens is 230 g/mol. The molecule has 0 bridgehead atoms. The number of fused-ring (bicyclic) bond motifs is 2. The smallest absolute Gasteiger partial charge is 0.290 e. The highest BCUT2D eigenvalue weighted by molar-refractivity contribution is 5.77. The number of hydrogen-bond donors (Lipinski definition) is 1. The highest BCUT2D eigenvalue weighted by atomic mass is 16.5. The Morgan fingerprint density at radius 2 is 1.39 bits per heavy atom. The first kappa shape index (κ1) is 12.0. The van der Waals surface area contributed by atoms with Gasteiger partial charge in [0.05, 0.1) is 11.4 Å². The van der Waals surface area contributed by atoms with Crippen molar-refractivity contribution in [3.63, 3.8) is 0 Å². The second-order valence-electron chi connectivity index (χ2n) is 3.70. The molecule has 1 N–H and O–H groups in total. The average Bonchev–Trinajstić information content (AvgIpc) is 2.40. The van der Waals surface area contributed by atoms with Crippen molar-refractivity contribution in [2.24, 2.45) is 0 Å². The van der Waals surface area contributed by atoms with Crippen LogP contribution < -0.4 is 9.64 Å². The zero-order chi connectivity index (χ0) is 13.0. The van der Waals surface area contributed by atoms with Gasteiger partial charge in [-0.15, -0.1) is 0 Å². The largest absolute Gasteiger partial charge is 0.483 e. The second kappa shape index (κ2) is 5.23. The molecule has 2 aromatic carbocycles. The number of hydrogen-bond acceptors (Lipinski definition) is 3. The number of anilines is 2. The average molecular weight is 243 g/mol. The zero-order valence-electron chi connectivity index (χ0n) is 9.91. The number of nitrogens with zero attached hydrogens (tertiary/aromatic N) is 1. The van der Waals surface area contributed by atoms with Crippen LogP contribution in [0.1, 0.15) is 0 Å². The minimum absolute atomic E-state index is 0.250. The number of benzene rings is 2. The first-order valence-electron chi connectivity index (χ1n) is 5.45. The lowest BCUT2D eigenvalue weighted by molar-refractivity contribution is -0.122. The Morgan fingerprint density at radius 3 is 1.83 bits per heavy atom. The summed E-state index contributed by atoms with van der Waals surface area (Å²) >= 11 is 0. The van der Waals surface area contributed by atoms with Crippen molar-refractivity contribution in [3.05, 3.63) is 48.5 Å². The molecule has 18 heavy (non-hydrogen) atoms. The number of carboxylic acid groups (broad SMARTS) is 1. The fourth-order valence-corrected chi connectivity index (χ4v) is 1.89. The molecule has 0 atom stereocenters. The molecule has 0 unspecified atom stereocenters. The van der Waals surface area contributed by atoms with Crippen LogP contribution in [0.2, 0.25) is 0 Å². The summed E-state index contributed by atoms with van der Waals surface area (Å²) in [7, 11) is 2.06. The van der Waals surface area contributed by atoms with Crippen LogP contribution in [0.5, 0.6) is 11.5 Å². The van der Waals surface area contributed by atoms with Gasteiger partial charge in [0, 0.05) is 7.05 Å². The molecular formula is C14H13NO3. The van der Waals surface area contributed by atoms with Crippen molar-refractivity contribution in [3.8, 4) is 11.5 Å². The van der Waals surface area contributed by atoms with Gasteiger partial charge in [-0.2, -0.15) is 0 Å². The lowest BCUT2D eigenvalue weighted by Crippen LogP contribution is -2.15. The van der Waals surface area contributed by atoms with Crippen LogP contribution in [-0.4, -0.2) is 18.6 Å². The first-order chi connectivity index (χ1) is 8.77. The van der Waals surface area contributed by atoms with Crippen molar-refractivity contribution in [1.29, 1.82) is 0 Å². The van der Waals surface area contributed by atoms with Crippen LogP contribution in [-0.2, 0) is 4.79 Å². The van der Waals surface area contributed by atoms with Crippen LogP contribution in [0.4, 0.5) is 11.4 Å². The van der Waals surface area contributed by atoms with Crippen LogP contribution in [0.15, 0.2) is 48.5 Å². The molecule has 1 aliphatic heterocycles. The summed E-state index contributed by atoms with van der Waals surface area (Å²) in [6, 6.07) is 16.1. The Balaban J connectivity index is 0.000000367. The van der Waals surface area contributed by atoms with Gasteiger partial charge in [0.1, 0.15) is 0 Å². The van der Waals surface area contributed by atoms with E-state index in [-0.39, 0.29) is 6.47 Å². The van der Waals surface area contributed by atoms with E-state index in [1.165, 1.54) is 0 Å². The first-order valence-corrected chi connectivity index (χ1v) is 5.45. The predicted molar refractivity (Wildman–Crippen MR) is 69.7 cm³/mol. The van der Waals surface area contributed by atoms with Gasteiger partial charge in [-0.25, -0.2) is 0 Å². The fraction of sp³-hybridized carbons (Fsp3) is 0.0714. The van der Waals surface area contributed by atoms with Gasteiger partial charge in [0.2, 0.25) is 0 Å². The molecule has 0 saturated heterocycles. The molecule has 4 nitrogen and oxygen atoms in total. The van der Waals surface area contributed by atoms with Crippen molar-refractivity contribution in [2.75, 3.05) is 11.9 Å². The molecule has 4 heteroatoms. The number of para-hydroxylation sites is 4. The van der Waals surface area contributed by atoms with Crippen molar-refractivity contribution >= 4 is 17.8 Å². The van der Waals surface area contributed by atoms with Gasteiger partial charge in [0.15, 0.2) is 11.5 Å². The van der Waals surface area contributed by atoms with E-state index in [1.54, 1.807) is 0 Å². The summed E-state index contributed by atoms with van der Waals surface area (Å²) in [5.74, 6) is 1.83. The van der Waals surface area contributed by atoms with E-state index in [1.807, 2.05) is 36.4 Å². The van der Waals surface area contributed by atoms with Gasteiger partial charge >= 0.3 is 0 Å². The number of ether oxygens (including phenoxy) is 1. The Morgan fingerprint density at radius 1 is 1.00 bits per heavy atom. The quantitative estimate of drug-likeness (QED) is 0.721. The zero-order valence-corrected chi connectivity index (χ0v) is 9.91. The van der Waals surface area contributed by atoms with Gasteiger partial charge < -0.3 is 14.7 Å². The lowest BCUT2D eigenvalue weighted by Gasteiger charge is -2.29. The normalized spacial score (nSPS) is 11.3. The highest BCUT2D eigenvalue weighted by Gasteiger charge is 2.19. The Bertz CT molecular complexity index is 509. The van der Waals surface area contributed by atoms with Gasteiger partial charge in [-0.1, -0.05) is 24.3 Å². The number of rotatable bonds is 0. The molecule has 0 aliphatic carbocycles. The standard InChI is InChI=1S/C13H11NO.CH2O2/c1-14-10-6-2-4-8-12(10)15-13-9-5-3-7-11(13)14;2-1-3/h2-9H,1H3;1H,(H,2,3). The van der Waals surface area contributed by atoms with Crippen molar-refractivity contribution in [1.82, 2.24) is 0 Å². The molecule has 0 amide bonds. The maximum atomic E-state index is 8.36. The van der Waals surface area contributed by atoms with Crippen molar-refractivity contribution < 1.29 is 14.6 Å². The van der Waals surface area contributed by atoms with Gasteiger partial charge in [0.25, 0.3) is 6.47 Å². The molecule has 2 aromatic rings. The highest BCUT2D eigenvalue weighted by Crippen LogP contribution is 2.44. The van der Waals surface area contributed by atoms with E-state index >= 15 is 0 Å². The third kappa shape index (κ3) is 2.13. The van der Waals surface area contributed by atoms with E-state index < -0.39 is 0 Å². The SMILES string of the molecule is CN1c2ccccc2Oc2ccccc21.O=CO.